The van der Waals surface area contributed by atoms with Crippen LogP contribution in [0, 0.1) is 5.92 Å². The third kappa shape index (κ3) is 3.43. The first-order chi connectivity index (χ1) is 9.65. The molecule has 1 atom stereocenters. The summed E-state index contributed by atoms with van der Waals surface area (Å²) in [7, 11) is 0. The van der Waals surface area contributed by atoms with Crippen molar-refractivity contribution in [1.29, 1.82) is 0 Å². The van der Waals surface area contributed by atoms with Gasteiger partial charge in [-0.05, 0) is 36.3 Å². The second kappa shape index (κ2) is 6.28. The van der Waals surface area contributed by atoms with Gasteiger partial charge in [0.1, 0.15) is 5.56 Å². The summed E-state index contributed by atoms with van der Waals surface area (Å²) in [6.07, 6.45) is 2.27. The Labute approximate surface area is 128 Å². The first-order valence-corrected chi connectivity index (χ1v) is 6.81. The fraction of sp³-hybridized carbons (Fsp3) is 0.333. The highest BCUT2D eigenvalue weighted by Crippen LogP contribution is 2.31. The minimum atomic E-state index is -0.374. The summed E-state index contributed by atoms with van der Waals surface area (Å²) in [6, 6.07) is 8.97. The van der Waals surface area contributed by atoms with Crippen molar-refractivity contribution in [2.45, 2.75) is 18.9 Å². The molecular formula is C15H18ClN3O2. The van der Waals surface area contributed by atoms with Gasteiger partial charge in [-0.2, -0.15) is 0 Å². The summed E-state index contributed by atoms with van der Waals surface area (Å²) >= 11 is 0. The normalized spacial score (nSPS) is 15.3. The van der Waals surface area contributed by atoms with Crippen LogP contribution in [0.2, 0.25) is 0 Å². The van der Waals surface area contributed by atoms with Crippen molar-refractivity contribution < 1.29 is 4.79 Å². The molecule has 0 saturated heterocycles. The molecule has 1 aliphatic carbocycles. The highest BCUT2D eigenvalue weighted by Gasteiger charge is 2.28. The predicted molar refractivity (Wildman–Crippen MR) is 84.8 cm³/mol. The highest BCUT2D eigenvalue weighted by molar-refractivity contribution is 5.97. The Balaban J connectivity index is 0.00000161. The smallest absolute Gasteiger partial charge is 0.261 e. The number of carbonyl (C=O) groups is 1. The van der Waals surface area contributed by atoms with Gasteiger partial charge < -0.3 is 16.0 Å². The number of H-pyrrole nitrogens is 1. The Hall–Kier alpha value is -1.85. The van der Waals surface area contributed by atoms with Crippen LogP contribution in [0.15, 0.2) is 35.1 Å². The zero-order valence-corrected chi connectivity index (χ0v) is 12.3. The molecule has 5 nitrogen and oxygen atoms in total. The van der Waals surface area contributed by atoms with Crippen LogP contribution in [0.3, 0.4) is 0 Å². The van der Waals surface area contributed by atoms with Crippen LogP contribution in [0.5, 0.6) is 0 Å². The van der Waals surface area contributed by atoms with Crippen molar-refractivity contribution in [2.75, 3.05) is 6.54 Å². The van der Waals surface area contributed by atoms with Gasteiger partial charge >= 0.3 is 0 Å². The summed E-state index contributed by atoms with van der Waals surface area (Å²) in [5.74, 6) is 0.151. The Kier molecular flexibility index (Phi) is 4.65. The molecule has 3 rings (SSSR count). The number of halogens is 1. The minimum absolute atomic E-state index is 0. The molecule has 1 unspecified atom stereocenters. The van der Waals surface area contributed by atoms with Crippen LogP contribution in [0.1, 0.15) is 23.2 Å². The van der Waals surface area contributed by atoms with E-state index in [1.165, 1.54) is 0 Å². The van der Waals surface area contributed by atoms with Gasteiger partial charge in [0.15, 0.2) is 0 Å². The number of fused-ring (bicyclic) bond motifs is 1. The second-order valence-corrected chi connectivity index (χ2v) is 5.31. The number of rotatable bonds is 4. The number of carbonyl (C=O) groups excluding carboxylic acids is 1. The summed E-state index contributed by atoms with van der Waals surface area (Å²) in [5.41, 5.74) is 6.42. The van der Waals surface area contributed by atoms with Crippen LogP contribution >= 0.6 is 12.4 Å². The summed E-state index contributed by atoms with van der Waals surface area (Å²) < 4.78 is 0. The molecule has 112 valence electrons. The molecule has 1 amide bonds. The number of pyridine rings is 1. The Morgan fingerprint density at radius 3 is 2.81 bits per heavy atom. The van der Waals surface area contributed by atoms with Gasteiger partial charge in [0, 0.05) is 18.1 Å². The maximum absolute atomic E-state index is 12.1. The number of benzene rings is 1. The van der Waals surface area contributed by atoms with Crippen molar-refractivity contribution in [3.63, 3.8) is 0 Å². The van der Waals surface area contributed by atoms with E-state index in [2.05, 4.69) is 10.3 Å². The van der Waals surface area contributed by atoms with E-state index in [0.717, 1.165) is 23.7 Å². The van der Waals surface area contributed by atoms with Crippen LogP contribution in [0.25, 0.3) is 10.9 Å². The maximum Gasteiger partial charge on any atom is 0.261 e. The van der Waals surface area contributed by atoms with Crippen molar-refractivity contribution in [3.8, 4) is 0 Å². The van der Waals surface area contributed by atoms with Crippen molar-refractivity contribution >= 4 is 29.2 Å². The minimum Gasteiger partial charge on any atom is -0.350 e. The monoisotopic (exact) mass is 307 g/mol. The van der Waals surface area contributed by atoms with Gasteiger partial charge in [-0.25, -0.2) is 0 Å². The zero-order chi connectivity index (χ0) is 14.1. The maximum atomic E-state index is 12.1. The lowest BCUT2D eigenvalue weighted by atomic mass is 10.1. The molecule has 1 fully saturated rings. The fourth-order valence-electron chi connectivity index (χ4n) is 2.31. The number of amides is 1. The molecule has 1 aromatic carbocycles. The lowest BCUT2D eigenvalue weighted by molar-refractivity contribution is 0.0949. The van der Waals surface area contributed by atoms with E-state index in [9.17, 15) is 9.59 Å². The largest absolute Gasteiger partial charge is 0.350 e. The number of aromatic nitrogens is 1. The average molecular weight is 308 g/mol. The van der Waals surface area contributed by atoms with Crippen molar-refractivity contribution in [1.82, 2.24) is 10.3 Å². The van der Waals surface area contributed by atoms with Crippen LogP contribution < -0.4 is 16.6 Å². The summed E-state index contributed by atoms with van der Waals surface area (Å²) in [4.78, 5) is 26.7. The fourth-order valence-corrected chi connectivity index (χ4v) is 2.31. The zero-order valence-electron chi connectivity index (χ0n) is 11.5. The number of para-hydroxylation sites is 1. The molecule has 0 bridgehead atoms. The van der Waals surface area contributed by atoms with Crippen molar-refractivity contribution in [2.24, 2.45) is 11.7 Å². The number of hydrogen-bond donors (Lipinski definition) is 3. The van der Waals surface area contributed by atoms with Gasteiger partial charge in [0.2, 0.25) is 0 Å². The average Bonchev–Trinajstić information content (AvgIpc) is 3.28. The highest BCUT2D eigenvalue weighted by atomic mass is 35.5. The predicted octanol–water partition coefficient (Wildman–Crippen LogP) is 1.42. The lowest BCUT2D eigenvalue weighted by Crippen LogP contribution is -2.40. The second-order valence-electron chi connectivity index (χ2n) is 5.31. The number of nitrogens with one attached hydrogen (secondary N) is 2. The molecule has 1 heterocycles. The standard InChI is InChI=1S/C15H17N3O2.ClH/c16-12(9-5-6-9)8-17-14(19)11-7-10-3-1-2-4-13(10)18-15(11)20;/h1-4,7,9,12H,5-6,8,16H2,(H,17,19)(H,18,20);1H. The molecule has 1 aliphatic rings. The van der Waals surface area contributed by atoms with E-state index in [1.807, 2.05) is 18.2 Å². The number of aromatic amines is 1. The van der Waals surface area contributed by atoms with Crippen LogP contribution in [0.4, 0.5) is 0 Å². The molecule has 6 heteroatoms. The van der Waals surface area contributed by atoms with E-state index >= 15 is 0 Å². The van der Waals surface area contributed by atoms with Gasteiger partial charge in [-0.3, -0.25) is 9.59 Å². The van der Waals surface area contributed by atoms with E-state index in [-0.39, 0.29) is 35.5 Å². The Morgan fingerprint density at radius 2 is 2.10 bits per heavy atom. The number of hydrogen-bond acceptors (Lipinski definition) is 3. The van der Waals surface area contributed by atoms with E-state index < -0.39 is 0 Å². The molecule has 0 aliphatic heterocycles. The first kappa shape index (κ1) is 15.5. The topological polar surface area (TPSA) is 88.0 Å². The van der Waals surface area contributed by atoms with Gasteiger partial charge in [-0.15, -0.1) is 12.4 Å². The van der Waals surface area contributed by atoms with Crippen LogP contribution in [-0.4, -0.2) is 23.5 Å². The van der Waals surface area contributed by atoms with Gasteiger partial charge in [0.25, 0.3) is 11.5 Å². The lowest BCUT2D eigenvalue weighted by Gasteiger charge is -2.11. The first-order valence-electron chi connectivity index (χ1n) is 6.81. The molecule has 0 radical (unpaired) electrons. The molecule has 2 aromatic rings. The molecule has 21 heavy (non-hydrogen) atoms. The quantitative estimate of drug-likeness (QED) is 0.798. The third-order valence-electron chi connectivity index (χ3n) is 3.72. The summed E-state index contributed by atoms with van der Waals surface area (Å²) in [5, 5.41) is 3.58. The van der Waals surface area contributed by atoms with Crippen LogP contribution in [-0.2, 0) is 0 Å². The molecular weight excluding hydrogens is 290 g/mol. The number of nitrogens with two attached hydrogens (primary N) is 1. The van der Waals surface area contributed by atoms with E-state index in [0.29, 0.717) is 12.5 Å². The van der Waals surface area contributed by atoms with E-state index in [1.54, 1.807) is 12.1 Å². The van der Waals surface area contributed by atoms with Gasteiger partial charge in [0.05, 0.1) is 0 Å². The molecule has 4 N–H and O–H groups in total. The van der Waals surface area contributed by atoms with Gasteiger partial charge in [-0.1, -0.05) is 18.2 Å². The molecule has 1 saturated carbocycles. The van der Waals surface area contributed by atoms with Crippen molar-refractivity contribution in [3.05, 3.63) is 46.2 Å². The summed E-state index contributed by atoms with van der Waals surface area (Å²) in [6.45, 7) is 0.412. The SMILES string of the molecule is Cl.NC(CNC(=O)c1cc2ccccc2[nH]c1=O)C1CC1. The molecule has 1 aromatic heterocycles. The Bertz CT molecular complexity index is 709. The molecule has 0 spiro atoms. The Morgan fingerprint density at radius 1 is 1.38 bits per heavy atom. The van der Waals surface area contributed by atoms with E-state index in [4.69, 9.17) is 5.73 Å². The third-order valence-corrected chi connectivity index (χ3v) is 3.72.